The zero-order valence-electron chi connectivity index (χ0n) is 9.79. The molecule has 0 aromatic carbocycles. The predicted molar refractivity (Wildman–Crippen MR) is 65.0 cm³/mol. The zero-order valence-corrected chi connectivity index (χ0v) is 10.6. The summed E-state index contributed by atoms with van der Waals surface area (Å²) in [4.78, 5) is 13.3. The van der Waals surface area contributed by atoms with Crippen molar-refractivity contribution in [3.63, 3.8) is 0 Å². The Hall–Kier alpha value is -0.0200. The average Bonchev–Trinajstić information content (AvgIpc) is 2.14. The van der Waals surface area contributed by atoms with Gasteiger partial charge in [0.1, 0.15) is 0 Å². The summed E-state index contributed by atoms with van der Waals surface area (Å²) in [7, 11) is 2.22. The number of nitrogens with zero attached hydrogens (tertiary/aromatic N) is 1. The molecule has 15 heavy (non-hydrogen) atoms. The smallest absolute Gasteiger partial charge is 0.185 e. The standard InChI is InChI=1S/C12H21NOS/c1-10(14)15-9-11-7-12(8-11)3-5-13(2)6-4-12/h11H,3-9H2,1-2H3. The highest BCUT2D eigenvalue weighted by Gasteiger charge is 2.44. The number of carbonyl (C=O) groups is 1. The molecule has 0 aromatic rings. The lowest BCUT2D eigenvalue weighted by Gasteiger charge is -2.52. The number of rotatable bonds is 2. The Kier molecular flexibility index (Phi) is 3.41. The Balaban J connectivity index is 1.70. The summed E-state index contributed by atoms with van der Waals surface area (Å²) < 4.78 is 0. The molecule has 2 nitrogen and oxygen atoms in total. The van der Waals surface area contributed by atoms with Gasteiger partial charge in [-0.15, -0.1) is 0 Å². The maximum absolute atomic E-state index is 10.9. The molecule has 1 aliphatic carbocycles. The van der Waals surface area contributed by atoms with Gasteiger partial charge in [-0.3, -0.25) is 4.79 Å². The van der Waals surface area contributed by atoms with Crippen molar-refractivity contribution in [1.29, 1.82) is 0 Å². The zero-order chi connectivity index (χ0) is 10.9. The number of hydrogen-bond acceptors (Lipinski definition) is 3. The third-order valence-corrected chi connectivity index (χ3v) is 5.06. The van der Waals surface area contributed by atoms with Gasteiger partial charge in [-0.25, -0.2) is 0 Å². The molecule has 1 saturated heterocycles. The minimum Gasteiger partial charge on any atom is -0.306 e. The Morgan fingerprint density at radius 3 is 2.53 bits per heavy atom. The molecule has 0 radical (unpaired) electrons. The van der Waals surface area contributed by atoms with E-state index in [9.17, 15) is 4.79 Å². The Morgan fingerprint density at radius 2 is 2.00 bits per heavy atom. The Labute approximate surface area is 96.8 Å². The largest absolute Gasteiger partial charge is 0.306 e. The molecule has 0 atom stereocenters. The quantitative estimate of drug-likeness (QED) is 0.722. The highest BCUT2D eigenvalue weighted by atomic mass is 32.2. The fourth-order valence-electron chi connectivity index (χ4n) is 3.02. The van der Waals surface area contributed by atoms with Crippen molar-refractivity contribution in [3.8, 4) is 0 Å². The van der Waals surface area contributed by atoms with Crippen molar-refractivity contribution in [1.82, 2.24) is 4.90 Å². The van der Waals surface area contributed by atoms with Gasteiger partial charge >= 0.3 is 0 Å². The van der Waals surface area contributed by atoms with E-state index >= 15 is 0 Å². The van der Waals surface area contributed by atoms with Gasteiger partial charge in [-0.1, -0.05) is 11.8 Å². The summed E-state index contributed by atoms with van der Waals surface area (Å²) in [6, 6.07) is 0. The molecule has 1 heterocycles. The van der Waals surface area contributed by atoms with E-state index in [0.29, 0.717) is 5.41 Å². The van der Waals surface area contributed by atoms with E-state index in [-0.39, 0.29) is 5.12 Å². The predicted octanol–water partition coefficient (Wildman–Crippen LogP) is 2.39. The highest BCUT2D eigenvalue weighted by molar-refractivity contribution is 8.13. The molecule has 0 amide bonds. The van der Waals surface area contributed by atoms with E-state index in [1.54, 1.807) is 6.92 Å². The van der Waals surface area contributed by atoms with Crippen molar-refractivity contribution in [2.24, 2.45) is 11.3 Å². The van der Waals surface area contributed by atoms with Crippen molar-refractivity contribution in [2.45, 2.75) is 32.6 Å². The van der Waals surface area contributed by atoms with Gasteiger partial charge in [-0.05, 0) is 57.2 Å². The summed E-state index contributed by atoms with van der Waals surface area (Å²) in [6.07, 6.45) is 5.51. The van der Waals surface area contributed by atoms with E-state index in [0.717, 1.165) is 11.7 Å². The van der Waals surface area contributed by atoms with Gasteiger partial charge < -0.3 is 4.90 Å². The maximum atomic E-state index is 10.9. The van der Waals surface area contributed by atoms with Gasteiger partial charge in [0, 0.05) is 12.7 Å². The Bertz CT molecular complexity index is 238. The lowest BCUT2D eigenvalue weighted by molar-refractivity contribution is -0.109. The SMILES string of the molecule is CC(=O)SCC1CC2(CCN(C)CC2)C1. The van der Waals surface area contributed by atoms with E-state index < -0.39 is 0 Å². The second kappa shape index (κ2) is 4.46. The number of hydrogen-bond donors (Lipinski definition) is 0. The summed E-state index contributed by atoms with van der Waals surface area (Å²) in [5, 5.41) is 0.277. The molecular weight excluding hydrogens is 206 g/mol. The van der Waals surface area contributed by atoms with Crippen molar-refractivity contribution in [2.75, 3.05) is 25.9 Å². The van der Waals surface area contributed by atoms with Gasteiger partial charge in [0.25, 0.3) is 0 Å². The molecule has 2 aliphatic rings. The first-order chi connectivity index (χ1) is 7.10. The topological polar surface area (TPSA) is 20.3 Å². The fraction of sp³-hybridized carbons (Fsp3) is 0.917. The van der Waals surface area contributed by atoms with Crippen molar-refractivity contribution in [3.05, 3.63) is 0 Å². The van der Waals surface area contributed by atoms with Crippen molar-refractivity contribution < 1.29 is 4.79 Å². The number of thioether (sulfide) groups is 1. The molecule has 86 valence electrons. The molecule has 0 bridgehead atoms. The van der Waals surface area contributed by atoms with Crippen LogP contribution in [-0.4, -0.2) is 35.9 Å². The summed E-state index contributed by atoms with van der Waals surface area (Å²) in [6.45, 7) is 4.22. The number of carbonyl (C=O) groups excluding carboxylic acids is 1. The summed E-state index contributed by atoms with van der Waals surface area (Å²) in [5.41, 5.74) is 0.675. The first kappa shape index (κ1) is 11.5. The molecule has 1 aliphatic heterocycles. The van der Waals surface area contributed by atoms with Gasteiger partial charge in [0.15, 0.2) is 5.12 Å². The molecule has 3 heteroatoms. The van der Waals surface area contributed by atoms with Crippen LogP contribution < -0.4 is 0 Å². The van der Waals surface area contributed by atoms with E-state index in [1.807, 2.05) is 0 Å². The van der Waals surface area contributed by atoms with Crippen LogP contribution >= 0.6 is 11.8 Å². The van der Waals surface area contributed by atoms with Gasteiger partial charge in [-0.2, -0.15) is 0 Å². The molecular formula is C12H21NOS. The molecule has 0 N–H and O–H groups in total. The maximum Gasteiger partial charge on any atom is 0.185 e. The fourth-order valence-corrected chi connectivity index (χ4v) is 3.73. The van der Waals surface area contributed by atoms with Crippen LogP contribution in [0.25, 0.3) is 0 Å². The molecule has 1 saturated carbocycles. The molecule has 2 fully saturated rings. The minimum absolute atomic E-state index is 0.277. The highest BCUT2D eigenvalue weighted by Crippen LogP contribution is 2.53. The molecule has 0 unspecified atom stereocenters. The normalized spacial score (nSPS) is 26.5. The summed E-state index contributed by atoms with van der Waals surface area (Å²) in [5.74, 6) is 1.88. The van der Waals surface area contributed by atoms with Crippen LogP contribution in [0.3, 0.4) is 0 Å². The number of likely N-dealkylation sites (tertiary alicyclic amines) is 1. The van der Waals surface area contributed by atoms with Crippen LogP contribution in [0.5, 0.6) is 0 Å². The molecule has 1 spiro atoms. The van der Waals surface area contributed by atoms with Crippen LogP contribution in [-0.2, 0) is 4.79 Å². The third kappa shape index (κ3) is 2.76. The first-order valence-corrected chi connectivity index (χ1v) is 6.90. The van der Waals surface area contributed by atoms with Crippen LogP contribution in [0.2, 0.25) is 0 Å². The van der Waals surface area contributed by atoms with Crippen molar-refractivity contribution >= 4 is 16.9 Å². The average molecular weight is 227 g/mol. The van der Waals surface area contributed by atoms with Crippen LogP contribution in [0.4, 0.5) is 0 Å². The monoisotopic (exact) mass is 227 g/mol. The lowest BCUT2D eigenvalue weighted by Crippen LogP contribution is -2.46. The third-order valence-electron chi connectivity index (χ3n) is 4.01. The Morgan fingerprint density at radius 1 is 1.40 bits per heavy atom. The van der Waals surface area contributed by atoms with Crippen LogP contribution in [0.15, 0.2) is 0 Å². The van der Waals surface area contributed by atoms with E-state index in [1.165, 1.54) is 50.5 Å². The molecule has 0 aromatic heterocycles. The van der Waals surface area contributed by atoms with E-state index in [4.69, 9.17) is 0 Å². The van der Waals surface area contributed by atoms with Crippen LogP contribution in [0, 0.1) is 11.3 Å². The number of piperidine rings is 1. The van der Waals surface area contributed by atoms with E-state index in [2.05, 4.69) is 11.9 Å². The molecule has 2 rings (SSSR count). The second-order valence-corrected chi connectivity index (χ2v) is 6.58. The summed E-state index contributed by atoms with van der Waals surface area (Å²) >= 11 is 1.51. The second-order valence-electron chi connectivity index (χ2n) is 5.38. The van der Waals surface area contributed by atoms with Gasteiger partial charge in [0.2, 0.25) is 0 Å². The van der Waals surface area contributed by atoms with Gasteiger partial charge in [0.05, 0.1) is 0 Å². The first-order valence-electron chi connectivity index (χ1n) is 5.92. The lowest BCUT2D eigenvalue weighted by atomic mass is 9.58. The minimum atomic E-state index is 0.277. The van der Waals surface area contributed by atoms with Crippen LogP contribution in [0.1, 0.15) is 32.6 Å².